The number of halogens is 2. The van der Waals surface area contributed by atoms with Crippen molar-refractivity contribution in [2.45, 2.75) is 24.7 Å². The molecule has 27 heavy (non-hydrogen) atoms. The van der Waals surface area contributed by atoms with Crippen LogP contribution in [0, 0.1) is 11.7 Å². The van der Waals surface area contributed by atoms with Crippen LogP contribution in [0.3, 0.4) is 0 Å². The fourth-order valence-corrected chi connectivity index (χ4v) is 5.30. The van der Waals surface area contributed by atoms with Gasteiger partial charge in [-0.25, -0.2) is 12.8 Å². The predicted octanol–water partition coefficient (Wildman–Crippen LogP) is 0.627. The van der Waals surface area contributed by atoms with E-state index in [9.17, 15) is 17.6 Å². The zero-order valence-corrected chi connectivity index (χ0v) is 17.0. The van der Waals surface area contributed by atoms with Crippen molar-refractivity contribution in [3.63, 3.8) is 0 Å². The molecule has 2 heterocycles. The smallest absolute Gasteiger partial charge is 0.277 e. The largest absolute Gasteiger partial charge is 0.338 e. The molecule has 0 unspecified atom stereocenters. The zero-order valence-electron chi connectivity index (χ0n) is 15.5. The lowest BCUT2D eigenvalue weighted by Gasteiger charge is -2.34. The molecule has 2 fully saturated rings. The van der Waals surface area contributed by atoms with Gasteiger partial charge in [0.15, 0.2) is 6.54 Å². The maximum atomic E-state index is 13.3. The number of nitrogens with zero attached hydrogens (tertiary/aromatic N) is 2. The predicted molar refractivity (Wildman–Crippen MR) is 101 cm³/mol. The molecule has 1 aromatic carbocycles. The number of carbonyl (C=O) groups is 1. The van der Waals surface area contributed by atoms with Gasteiger partial charge in [0.1, 0.15) is 5.82 Å². The van der Waals surface area contributed by atoms with Gasteiger partial charge < -0.3 is 9.80 Å². The summed E-state index contributed by atoms with van der Waals surface area (Å²) in [5, 5.41) is -0.207. The maximum absolute atomic E-state index is 13.3. The van der Waals surface area contributed by atoms with Crippen LogP contribution in [0.1, 0.15) is 19.8 Å². The minimum Gasteiger partial charge on any atom is -0.338 e. The standard InChI is InChI=1S/C18H25ClFN3O3S/c1-14-4-6-22(7-5-14)18(24)13-21-8-10-23(11-9-21)27(25,26)15-2-3-17(20)16(19)12-15/h2-3,12,14H,4-11,13H2,1H3/p+1. The lowest BCUT2D eigenvalue weighted by atomic mass is 9.99. The zero-order chi connectivity index (χ0) is 19.6. The van der Waals surface area contributed by atoms with Gasteiger partial charge in [0.25, 0.3) is 5.91 Å². The molecule has 1 aromatic rings. The highest BCUT2D eigenvalue weighted by atomic mass is 35.5. The van der Waals surface area contributed by atoms with Gasteiger partial charge in [-0.1, -0.05) is 18.5 Å². The molecule has 1 N–H and O–H groups in total. The highest BCUT2D eigenvalue weighted by Gasteiger charge is 2.32. The first-order valence-electron chi connectivity index (χ1n) is 9.34. The van der Waals surface area contributed by atoms with E-state index in [1.54, 1.807) is 0 Å². The van der Waals surface area contributed by atoms with Crippen LogP contribution in [0.4, 0.5) is 4.39 Å². The Bertz CT molecular complexity index is 789. The quantitative estimate of drug-likeness (QED) is 0.780. The Kier molecular flexibility index (Phi) is 6.40. The number of nitrogens with one attached hydrogen (secondary N) is 1. The molecule has 9 heteroatoms. The second-order valence-electron chi connectivity index (χ2n) is 7.47. The summed E-state index contributed by atoms with van der Waals surface area (Å²) in [6, 6.07) is 3.44. The number of quaternary nitrogens is 1. The van der Waals surface area contributed by atoms with E-state index in [4.69, 9.17) is 11.6 Å². The summed E-state index contributed by atoms with van der Waals surface area (Å²) < 4.78 is 40.1. The molecule has 2 aliphatic rings. The lowest BCUT2D eigenvalue weighted by Crippen LogP contribution is -3.15. The van der Waals surface area contributed by atoms with Crippen molar-refractivity contribution in [1.82, 2.24) is 9.21 Å². The minimum atomic E-state index is -3.71. The molecule has 0 bridgehead atoms. The summed E-state index contributed by atoms with van der Waals surface area (Å²) in [7, 11) is -3.71. The molecule has 2 aliphatic heterocycles. The van der Waals surface area contributed by atoms with Gasteiger partial charge in [0.05, 0.1) is 36.1 Å². The van der Waals surface area contributed by atoms with Crippen LogP contribution in [0.2, 0.25) is 5.02 Å². The second-order valence-corrected chi connectivity index (χ2v) is 9.82. The van der Waals surface area contributed by atoms with Gasteiger partial charge in [-0.2, -0.15) is 4.31 Å². The first kappa shape index (κ1) is 20.5. The molecular formula is C18H26ClFN3O3S+. The van der Waals surface area contributed by atoms with E-state index < -0.39 is 15.8 Å². The van der Waals surface area contributed by atoms with Crippen molar-refractivity contribution in [2.75, 3.05) is 45.8 Å². The van der Waals surface area contributed by atoms with Gasteiger partial charge >= 0.3 is 0 Å². The average molecular weight is 419 g/mol. The van der Waals surface area contributed by atoms with Crippen molar-refractivity contribution in [1.29, 1.82) is 0 Å². The van der Waals surface area contributed by atoms with E-state index in [1.807, 2.05) is 4.90 Å². The number of sulfonamides is 1. The summed E-state index contributed by atoms with van der Waals surface area (Å²) >= 11 is 5.72. The first-order chi connectivity index (χ1) is 12.8. The van der Waals surface area contributed by atoms with Crippen LogP contribution in [-0.2, 0) is 14.8 Å². The van der Waals surface area contributed by atoms with Crippen molar-refractivity contribution in [3.05, 3.63) is 29.0 Å². The summed E-state index contributed by atoms with van der Waals surface area (Å²) in [6.45, 7) is 6.06. The molecule has 0 spiro atoms. The molecule has 0 saturated carbocycles. The third-order valence-corrected chi connectivity index (χ3v) is 7.68. The number of amides is 1. The molecule has 150 valence electrons. The van der Waals surface area contributed by atoms with Crippen LogP contribution in [0.15, 0.2) is 23.1 Å². The Morgan fingerprint density at radius 3 is 2.44 bits per heavy atom. The lowest BCUT2D eigenvalue weighted by molar-refractivity contribution is -0.896. The van der Waals surface area contributed by atoms with Crippen molar-refractivity contribution in [2.24, 2.45) is 5.92 Å². The Labute approximate surface area is 164 Å². The molecule has 1 amide bonds. The molecule has 0 aromatic heterocycles. The Morgan fingerprint density at radius 1 is 1.22 bits per heavy atom. The summed E-state index contributed by atoms with van der Waals surface area (Å²) in [4.78, 5) is 15.5. The third-order valence-electron chi connectivity index (χ3n) is 5.50. The number of hydrogen-bond donors (Lipinski definition) is 1. The average Bonchev–Trinajstić information content (AvgIpc) is 2.65. The van der Waals surface area contributed by atoms with Gasteiger partial charge in [-0.15, -0.1) is 0 Å². The van der Waals surface area contributed by atoms with E-state index in [-0.39, 0.29) is 15.8 Å². The molecule has 3 rings (SSSR count). The van der Waals surface area contributed by atoms with Crippen LogP contribution in [-0.4, -0.2) is 69.3 Å². The van der Waals surface area contributed by atoms with Crippen molar-refractivity contribution >= 4 is 27.5 Å². The van der Waals surface area contributed by atoms with Gasteiger partial charge in [-0.05, 0) is 37.0 Å². The second kappa shape index (κ2) is 8.43. The molecule has 2 saturated heterocycles. The Hall–Kier alpha value is -1.22. The number of hydrogen-bond acceptors (Lipinski definition) is 3. The van der Waals surface area contributed by atoms with Crippen LogP contribution in [0.5, 0.6) is 0 Å². The molecular weight excluding hydrogens is 393 g/mol. The van der Waals surface area contributed by atoms with Crippen molar-refractivity contribution in [3.8, 4) is 0 Å². The summed E-state index contributed by atoms with van der Waals surface area (Å²) in [5.41, 5.74) is 0. The van der Waals surface area contributed by atoms with E-state index in [2.05, 4.69) is 6.92 Å². The SMILES string of the molecule is CC1CCN(C(=O)C[NH+]2CCN(S(=O)(=O)c3ccc(F)c(Cl)c3)CC2)CC1. The van der Waals surface area contributed by atoms with E-state index in [0.29, 0.717) is 38.6 Å². The molecule has 0 aliphatic carbocycles. The Balaban J connectivity index is 1.55. The number of likely N-dealkylation sites (tertiary alicyclic amines) is 1. The minimum absolute atomic E-state index is 0.00383. The van der Waals surface area contributed by atoms with Crippen molar-refractivity contribution < 1.29 is 22.5 Å². The highest BCUT2D eigenvalue weighted by Crippen LogP contribution is 2.22. The summed E-state index contributed by atoms with van der Waals surface area (Å²) in [5.74, 6) is 0.184. The van der Waals surface area contributed by atoms with Gasteiger partial charge in [0, 0.05) is 13.1 Å². The van der Waals surface area contributed by atoms with Gasteiger partial charge in [0.2, 0.25) is 10.0 Å². The van der Waals surface area contributed by atoms with Gasteiger partial charge in [-0.3, -0.25) is 4.79 Å². The molecule has 6 nitrogen and oxygen atoms in total. The van der Waals surface area contributed by atoms with Crippen LogP contribution < -0.4 is 4.90 Å². The normalized spacial score (nSPS) is 20.8. The van der Waals surface area contributed by atoms with E-state index >= 15 is 0 Å². The van der Waals surface area contributed by atoms with Crippen LogP contribution in [0.25, 0.3) is 0 Å². The topological polar surface area (TPSA) is 62.1 Å². The van der Waals surface area contributed by atoms with E-state index in [0.717, 1.165) is 43.0 Å². The fraction of sp³-hybridized carbons (Fsp3) is 0.611. The number of benzene rings is 1. The number of rotatable bonds is 4. The van der Waals surface area contributed by atoms with E-state index in [1.165, 1.54) is 10.4 Å². The Morgan fingerprint density at radius 2 is 1.85 bits per heavy atom. The van der Waals surface area contributed by atoms with Crippen LogP contribution >= 0.6 is 11.6 Å². The fourth-order valence-electron chi connectivity index (χ4n) is 3.59. The highest BCUT2D eigenvalue weighted by molar-refractivity contribution is 7.89. The maximum Gasteiger partial charge on any atom is 0.277 e. The number of piperazine rings is 1. The monoisotopic (exact) mass is 418 g/mol. The third kappa shape index (κ3) is 4.80. The number of piperidine rings is 1. The first-order valence-corrected chi connectivity index (χ1v) is 11.2. The number of carbonyl (C=O) groups excluding carboxylic acids is 1. The molecule has 0 atom stereocenters. The summed E-state index contributed by atoms with van der Waals surface area (Å²) in [6.07, 6.45) is 2.10. The molecule has 0 radical (unpaired) electrons.